The summed E-state index contributed by atoms with van der Waals surface area (Å²) in [7, 11) is 3.27. The molecule has 0 heterocycles. The van der Waals surface area contributed by atoms with E-state index in [0.717, 1.165) is 12.8 Å². The van der Waals surface area contributed by atoms with Crippen LogP contribution in [0.1, 0.15) is 25.7 Å². The summed E-state index contributed by atoms with van der Waals surface area (Å²) < 4.78 is 5.07. The van der Waals surface area contributed by atoms with Crippen molar-refractivity contribution in [3.05, 3.63) is 24.3 Å². The predicted molar refractivity (Wildman–Crippen MR) is 94.1 cm³/mol. The van der Waals surface area contributed by atoms with Crippen molar-refractivity contribution >= 4 is 17.5 Å². The molecule has 0 saturated heterocycles. The monoisotopic (exact) mass is 344 g/mol. The van der Waals surface area contributed by atoms with E-state index in [1.807, 2.05) is 0 Å². The van der Waals surface area contributed by atoms with E-state index in [-0.39, 0.29) is 24.9 Å². The molecule has 0 spiro atoms. The van der Waals surface area contributed by atoms with Gasteiger partial charge in [-0.15, -0.1) is 0 Å². The number of carbonyl (C=O) groups excluding carboxylic acids is 2. The van der Waals surface area contributed by atoms with E-state index in [4.69, 9.17) is 4.74 Å². The molecule has 25 heavy (non-hydrogen) atoms. The Kier molecular flexibility index (Phi) is 6.37. The Hall–Kier alpha value is -2.59. The third-order valence-corrected chi connectivity index (χ3v) is 4.25. The standard InChI is InChI=1S/C18H24N4O3/c1-22(12-17(24)21-18(13-19)9-3-4-10-18)11-16(23)20-14-5-7-15(25-2)8-6-14/h5-8H,3-4,9-12H2,1-2H3,(H,20,23)(H,21,24). The van der Waals surface area contributed by atoms with Crippen LogP contribution in [0, 0.1) is 11.3 Å². The maximum Gasteiger partial charge on any atom is 0.238 e. The lowest BCUT2D eigenvalue weighted by atomic mass is 10.00. The van der Waals surface area contributed by atoms with Crippen molar-refractivity contribution in [2.24, 2.45) is 0 Å². The van der Waals surface area contributed by atoms with Gasteiger partial charge in [-0.25, -0.2) is 0 Å². The van der Waals surface area contributed by atoms with Gasteiger partial charge in [0.2, 0.25) is 11.8 Å². The number of carbonyl (C=O) groups is 2. The normalized spacial score (nSPS) is 15.4. The van der Waals surface area contributed by atoms with Gasteiger partial charge in [-0.2, -0.15) is 5.26 Å². The smallest absolute Gasteiger partial charge is 0.238 e. The molecule has 0 atom stereocenters. The fraction of sp³-hybridized carbons (Fsp3) is 0.500. The van der Waals surface area contributed by atoms with Gasteiger partial charge < -0.3 is 15.4 Å². The van der Waals surface area contributed by atoms with Crippen molar-refractivity contribution in [1.82, 2.24) is 10.2 Å². The predicted octanol–water partition coefficient (Wildman–Crippen LogP) is 1.52. The fourth-order valence-corrected chi connectivity index (χ4v) is 2.97. The molecule has 0 bridgehead atoms. The highest BCUT2D eigenvalue weighted by Gasteiger charge is 2.35. The lowest BCUT2D eigenvalue weighted by molar-refractivity contribution is -0.124. The highest BCUT2D eigenvalue weighted by atomic mass is 16.5. The van der Waals surface area contributed by atoms with Crippen LogP contribution in [-0.4, -0.2) is 49.5 Å². The molecule has 0 aliphatic heterocycles. The Bertz CT molecular complexity index is 645. The molecule has 1 aliphatic rings. The van der Waals surface area contributed by atoms with E-state index < -0.39 is 5.54 Å². The van der Waals surface area contributed by atoms with Gasteiger partial charge in [0.25, 0.3) is 0 Å². The SMILES string of the molecule is COc1ccc(NC(=O)CN(C)CC(=O)NC2(C#N)CCCC2)cc1. The molecule has 7 nitrogen and oxygen atoms in total. The van der Waals surface area contributed by atoms with Gasteiger partial charge in [0, 0.05) is 5.69 Å². The van der Waals surface area contributed by atoms with Crippen molar-refractivity contribution in [3.63, 3.8) is 0 Å². The van der Waals surface area contributed by atoms with Crippen LogP contribution in [0.15, 0.2) is 24.3 Å². The number of amides is 2. The molecule has 1 aromatic rings. The molecule has 1 aliphatic carbocycles. The quantitative estimate of drug-likeness (QED) is 0.782. The van der Waals surface area contributed by atoms with Gasteiger partial charge in [-0.05, 0) is 57.0 Å². The van der Waals surface area contributed by atoms with Gasteiger partial charge in [0.05, 0.1) is 26.3 Å². The van der Waals surface area contributed by atoms with Gasteiger partial charge in [0.15, 0.2) is 0 Å². The van der Waals surface area contributed by atoms with Crippen molar-refractivity contribution < 1.29 is 14.3 Å². The average molecular weight is 344 g/mol. The Morgan fingerprint density at radius 3 is 2.36 bits per heavy atom. The molecule has 134 valence electrons. The van der Waals surface area contributed by atoms with E-state index in [1.54, 1.807) is 43.3 Å². The van der Waals surface area contributed by atoms with Crippen LogP contribution in [0.3, 0.4) is 0 Å². The second-order valence-corrected chi connectivity index (χ2v) is 6.40. The summed E-state index contributed by atoms with van der Waals surface area (Å²) in [5.74, 6) is 0.268. The summed E-state index contributed by atoms with van der Waals surface area (Å²) in [5.41, 5.74) is -0.0680. The molecule has 1 saturated carbocycles. The number of methoxy groups -OCH3 is 1. The first kappa shape index (κ1) is 18.7. The number of hydrogen-bond donors (Lipinski definition) is 2. The third-order valence-electron chi connectivity index (χ3n) is 4.25. The average Bonchev–Trinajstić information content (AvgIpc) is 3.04. The summed E-state index contributed by atoms with van der Waals surface area (Å²) in [6, 6.07) is 9.24. The first-order valence-electron chi connectivity index (χ1n) is 8.31. The maximum atomic E-state index is 12.1. The number of likely N-dealkylation sites (N-methyl/N-ethyl adjacent to an activating group) is 1. The van der Waals surface area contributed by atoms with Crippen LogP contribution in [0.2, 0.25) is 0 Å². The van der Waals surface area contributed by atoms with E-state index >= 15 is 0 Å². The number of ether oxygens (including phenoxy) is 1. The van der Waals surface area contributed by atoms with E-state index in [9.17, 15) is 14.9 Å². The number of benzene rings is 1. The largest absolute Gasteiger partial charge is 0.497 e. The van der Waals surface area contributed by atoms with Crippen LogP contribution in [-0.2, 0) is 9.59 Å². The molecule has 0 unspecified atom stereocenters. The number of hydrogen-bond acceptors (Lipinski definition) is 5. The van der Waals surface area contributed by atoms with E-state index in [0.29, 0.717) is 24.3 Å². The van der Waals surface area contributed by atoms with E-state index in [1.165, 1.54) is 0 Å². The molecule has 7 heteroatoms. The summed E-state index contributed by atoms with van der Waals surface area (Å²) in [4.78, 5) is 25.8. The van der Waals surface area contributed by atoms with Crippen LogP contribution < -0.4 is 15.4 Å². The van der Waals surface area contributed by atoms with Crippen molar-refractivity contribution in [3.8, 4) is 11.8 Å². The minimum absolute atomic E-state index is 0.0689. The Labute approximate surface area is 147 Å². The zero-order chi connectivity index (χ0) is 18.3. The van der Waals surface area contributed by atoms with Gasteiger partial charge in [-0.3, -0.25) is 14.5 Å². The van der Waals surface area contributed by atoms with Crippen LogP contribution in [0.25, 0.3) is 0 Å². The van der Waals surface area contributed by atoms with Crippen molar-refractivity contribution in [1.29, 1.82) is 5.26 Å². The first-order chi connectivity index (χ1) is 12.0. The molecule has 2 N–H and O–H groups in total. The second kappa shape index (κ2) is 8.49. The zero-order valence-corrected chi connectivity index (χ0v) is 14.7. The van der Waals surface area contributed by atoms with Crippen LogP contribution in [0.4, 0.5) is 5.69 Å². The van der Waals surface area contributed by atoms with E-state index in [2.05, 4.69) is 16.7 Å². The number of nitriles is 1. The lowest BCUT2D eigenvalue weighted by Crippen LogP contribution is -2.49. The van der Waals surface area contributed by atoms with Gasteiger partial charge in [0.1, 0.15) is 11.3 Å². The van der Waals surface area contributed by atoms with Crippen molar-refractivity contribution in [2.45, 2.75) is 31.2 Å². The minimum Gasteiger partial charge on any atom is -0.497 e. The Morgan fingerprint density at radius 2 is 1.80 bits per heavy atom. The molecule has 0 radical (unpaired) electrons. The molecular weight excluding hydrogens is 320 g/mol. The highest BCUT2D eigenvalue weighted by Crippen LogP contribution is 2.28. The highest BCUT2D eigenvalue weighted by molar-refractivity contribution is 5.92. The van der Waals surface area contributed by atoms with Crippen LogP contribution >= 0.6 is 0 Å². The maximum absolute atomic E-state index is 12.1. The minimum atomic E-state index is -0.733. The number of nitrogens with one attached hydrogen (secondary N) is 2. The molecule has 2 rings (SSSR count). The molecular formula is C18H24N4O3. The number of nitrogens with zero attached hydrogens (tertiary/aromatic N) is 2. The molecule has 0 aromatic heterocycles. The fourth-order valence-electron chi connectivity index (χ4n) is 2.97. The number of anilines is 1. The summed E-state index contributed by atoms with van der Waals surface area (Å²) in [6.45, 7) is 0.151. The summed E-state index contributed by atoms with van der Waals surface area (Å²) >= 11 is 0. The molecule has 1 aromatic carbocycles. The lowest BCUT2D eigenvalue weighted by Gasteiger charge is -2.24. The Balaban J connectivity index is 1.78. The van der Waals surface area contributed by atoms with Crippen LogP contribution in [0.5, 0.6) is 5.75 Å². The third kappa shape index (κ3) is 5.47. The van der Waals surface area contributed by atoms with Gasteiger partial charge >= 0.3 is 0 Å². The first-order valence-corrected chi connectivity index (χ1v) is 8.31. The topological polar surface area (TPSA) is 94.5 Å². The summed E-state index contributed by atoms with van der Waals surface area (Å²) in [5, 5.41) is 14.9. The number of rotatable bonds is 7. The molecule has 1 fully saturated rings. The molecule has 2 amide bonds. The zero-order valence-electron chi connectivity index (χ0n) is 14.7. The van der Waals surface area contributed by atoms with Gasteiger partial charge in [-0.1, -0.05) is 0 Å². The Morgan fingerprint density at radius 1 is 1.20 bits per heavy atom. The van der Waals surface area contributed by atoms with Crippen molar-refractivity contribution in [2.75, 3.05) is 32.6 Å². The summed E-state index contributed by atoms with van der Waals surface area (Å²) in [6.07, 6.45) is 3.29. The second-order valence-electron chi connectivity index (χ2n) is 6.40.